The molecule has 2 atom stereocenters. The summed E-state index contributed by atoms with van der Waals surface area (Å²) in [5.74, 6) is 0.538. The minimum absolute atomic E-state index is 0.349. The molecule has 0 radical (unpaired) electrons. The Balaban J connectivity index is 2.29. The monoisotopic (exact) mass is 245 g/mol. The van der Waals surface area contributed by atoms with Gasteiger partial charge in [0, 0.05) is 16.4 Å². The Labute approximate surface area is 85.0 Å². The van der Waals surface area contributed by atoms with Gasteiger partial charge in [-0.05, 0) is 40.0 Å². The molecule has 2 N–H and O–H groups in total. The maximum absolute atomic E-state index is 5.95. The van der Waals surface area contributed by atoms with E-state index in [2.05, 4.69) is 22.0 Å². The van der Waals surface area contributed by atoms with E-state index in [0.29, 0.717) is 12.0 Å². The van der Waals surface area contributed by atoms with Gasteiger partial charge in [-0.1, -0.05) is 17.7 Å². The van der Waals surface area contributed by atoms with Gasteiger partial charge in [0.2, 0.25) is 0 Å². The summed E-state index contributed by atoms with van der Waals surface area (Å²) in [5.41, 5.74) is 6.99. The second kappa shape index (κ2) is 3.02. The Bertz CT molecular complexity index is 313. The standard InChI is InChI=1S/C9H9BrClN/c10-7-2-1-5(3-8(7)11)6-4-9(6)12/h1-3,6,9H,4,12H2. The van der Waals surface area contributed by atoms with E-state index in [9.17, 15) is 0 Å². The molecule has 12 heavy (non-hydrogen) atoms. The number of rotatable bonds is 1. The Hall–Kier alpha value is -0.0500. The second-order valence-electron chi connectivity index (χ2n) is 3.18. The van der Waals surface area contributed by atoms with Crippen LogP contribution in [-0.2, 0) is 0 Å². The molecule has 0 heterocycles. The molecule has 0 saturated heterocycles. The summed E-state index contributed by atoms with van der Waals surface area (Å²) in [6.07, 6.45) is 1.10. The average molecular weight is 247 g/mol. The van der Waals surface area contributed by atoms with E-state index in [1.54, 1.807) is 0 Å². The summed E-state index contributed by atoms with van der Waals surface area (Å²) in [6.45, 7) is 0. The molecule has 1 aromatic rings. The minimum Gasteiger partial charge on any atom is -0.327 e. The molecule has 1 nitrogen and oxygen atoms in total. The topological polar surface area (TPSA) is 26.0 Å². The molecule has 0 aromatic heterocycles. The van der Waals surface area contributed by atoms with E-state index < -0.39 is 0 Å². The van der Waals surface area contributed by atoms with Crippen molar-refractivity contribution in [3.63, 3.8) is 0 Å². The van der Waals surface area contributed by atoms with E-state index in [4.69, 9.17) is 17.3 Å². The summed E-state index contributed by atoms with van der Waals surface area (Å²) in [7, 11) is 0. The highest BCUT2D eigenvalue weighted by Gasteiger charge is 2.34. The van der Waals surface area contributed by atoms with E-state index in [1.165, 1.54) is 5.56 Å². The zero-order valence-corrected chi connectivity index (χ0v) is 8.77. The summed E-state index contributed by atoms with van der Waals surface area (Å²) >= 11 is 9.30. The van der Waals surface area contributed by atoms with Crippen molar-refractivity contribution >= 4 is 27.5 Å². The first-order valence-corrected chi connectivity index (χ1v) is 5.06. The van der Waals surface area contributed by atoms with Crippen LogP contribution in [0.1, 0.15) is 17.9 Å². The fourth-order valence-corrected chi connectivity index (χ4v) is 1.78. The quantitative estimate of drug-likeness (QED) is 0.810. The van der Waals surface area contributed by atoms with E-state index in [1.807, 2.05) is 12.1 Å². The van der Waals surface area contributed by atoms with Crippen LogP contribution in [0.15, 0.2) is 22.7 Å². The highest BCUT2D eigenvalue weighted by molar-refractivity contribution is 9.10. The highest BCUT2D eigenvalue weighted by Crippen LogP contribution is 2.40. The molecule has 2 rings (SSSR count). The van der Waals surface area contributed by atoms with Crippen LogP contribution in [0, 0.1) is 0 Å². The average Bonchev–Trinajstić information content (AvgIpc) is 2.73. The molecule has 2 unspecified atom stereocenters. The van der Waals surface area contributed by atoms with Gasteiger partial charge >= 0.3 is 0 Å². The van der Waals surface area contributed by atoms with Crippen molar-refractivity contribution in [2.24, 2.45) is 5.73 Å². The molecule has 0 bridgehead atoms. The number of nitrogens with two attached hydrogens (primary N) is 1. The van der Waals surface area contributed by atoms with E-state index >= 15 is 0 Å². The third-order valence-corrected chi connectivity index (χ3v) is 3.44. The van der Waals surface area contributed by atoms with Crippen LogP contribution in [0.5, 0.6) is 0 Å². The number of hydrogen-bond donors (Lipinski definition) is 1. The van der Waals surface area contributed by atoms with Gasteiger partial charge < -0.3 is 5.73 Å². The molecule has 0 amide bonds. The first-order chi connectivity index (χ1) is 5.68. The minimum atomic E-state index is 0.349. The SMILES string of the molecule is NC1CC1c1ccc(Br)c(Cl)c1. The van der Waals surface area contributed by atoms with E-state index in [0.717, 1.165) is 15.9 Å². The first kappa shape index (κ1) is 8.54. The molecule has 0 spiro atoms. The molecular formula is C9H9BrClN. The molecule has 1 aromatic carbocycles. The molecule has 0 aliphatic heterocycles. The Kier molecular flexibility index (Phi) is 2.15. The van der Waals surface area contributed by atoms with Gasteiger partial charge in [-0.25, -0.2) is 0 Å². The normalized spacial score (nSPS) is 27.2. The van der Waals surface area contributed by atoms with Crippen molar-refractivity contribution in [2.45, 2.75) is 18.4 Å². The largest absolute Gasteiger partial charge is 0.327 e. The van der Waals surface area contributed by atoms with Crippen molar-refractivity contribution < 1.29 is 0 Å². The third kappa shape index (κ3) is 1.51. The van der Waals surface area contributed by atoms with Crippen LogP contribution < -0.4 is 5.73 Å². The lowest BCUT2D eigenvalue weighted by Gasteiger charge is -2.00. The van der Waals surface area contributed by atoms with E-state index in [-0.39, 0.29) is 0 Å². The van der Waals surface area contributed by atoms with Crippen LogP contribution in [0.25, 0.3) is 0 Å². The maximum atomic E-state index is 5.95. The Morgan fingerprint density at radius 3 is 2.67 bits per heavy atom. The summed E-state index contributed by atoms with van der Waals surface area (Å²) in [6, 6.07) is 6.39. The number of benzene rings is 1. The van der Waals surface area contributed by atoms with Crippen LogP contribution in [-0.4, -0.2) is 6.04 Å². The van der Waals surface area contributed by atoms with Crippen LogP contribution in [0.2, 0.25) is 5.02 Å². The summed E-state index contributed by atoms with van der Waals surface area (Å²) in [4.78, 5) is 0. The Morgan fingerprint density at radius 2 is 2.17 bits per heavy atom. The molecule has 64 valence electrons. The molecule has 1 fully saturated rings. The lowest BCUT2D eigenvalue weighted by molar-refractivity contribution is 0.990. The van der Waals surface area contributed by atoms with Crippen molar-refractivity contribution in [1.29, 1.82) is 0 Å². The van der Waals surface area contributed by atoms with Crippen molar-refractivity contribution in [3.8, 4) is 0 Å². The smallest absolute Gasteiger partial charge is 0.0550 e. The van der Waals surface area contributed by atoms with Crippen LogP contribution in [0.4, 0.5) is 0 Å². The fourth-order valence-electron chi connectivity index (χ4n) is 1.34. The van der Waals surface area contributed by atoms with Gasteiger partial charge in [0.25, 0.3) is 0 Å². The molecule has 3 heteroatoms. The second-order valence-corrected chi connectivity index (χ2v) is 4.44. The maximum Gasteiger partial charge on any atom is 0.0550 e. The van der Waals surface area contributed by atoms with Gasteiger partial charge in [0.15, 0.2) is 0 Å². The molecule has 1 saturated carbocycles. The number of halogens is 2. The molecular weight excluding hydrogens is 237 g/mol. The first-order valence-electron chi connectivity index (χ1n) is 3.89. The summed E-state index contributed by atoms with van der Waals surface area (Å²) < 4.78 is 0.946. The predicted molar refractivity (Wildman–Crippen MR) is 54.5 cm³/mol. The zero-order valence-electron chi connectivity index (χ0n) is 6.43. The molecule has 1 aliphatic carbocycles. The zero-order chi connectivity index (χ0) is 8.72. The van der Waals surface area contributed by atoms with Gasteiger partial charge in [-0.15, -0.1) is 0 Å². The third-order valence-electron chi connectivity index (χ3n) is 2.21. The van der Waals surface area contributed by atoms with Gasteiger partial charge in [0.1, 0.15) is 0 Å². The van der Waals surface area contributed by atoms with Crippen molar-refractivity contribution in [2.75, 3.05) is 0 Å². The Morgan fingerprint density at radius 1 is 1.50 bits per heavy atom. The van der Waals surface area contributed by atoms with Crippen molar-refractivity contribution in [1.82, 2.24) is 0 Å². The fraction of sp³-hybridized carbons (Fsp3) is 0.333. The summed E-state index contributed by atoms with van der Waals surface area (Å²) in [5, 5.41) is 0.770. The van der Waals surface area contributed by atoms with Gasteiger partial charge in [-0.3, -0.25) is 0 Å². The lowest BCUT2D eigenvalue weighted by atomic mass is 10.1. The molecule has 1 aliphatic rings. The van der Waals surface area contributed by atoms with Crippen LogP contribution >= 0.6 is 27.5 Å². The van der Waals surface area contributed by atoms with Crippen LogP contribution in [0.3, 0.4) is 0 Å². The predicted octanol–water partition coefficient (Wildman–Crippen LogP) is 2.92. The highest BCUT2D eigenvalue weighted by atomic mass is 79.9. The van der Waals surface area contributed by atoms with Crippen molar-refractivity contribution in [3.05, 3.63) is 33.3 Å². The van der Waals surface area contributed by atoms with Gasteiger partial charge in [0.05, 0.1) is 5.02 Å². The lowest BCUT2D eigenvalue weighted by Crippen LogP contribution is -2.00. The van der Waals surface area contributed by atoms with Gasteiger partial charge in [-0.2, -0.15) is 0 Å². The number of hydrogen-bond acceptors (Lipinski definition) is 1.